The first-order valence-electron chi connectivity index (χ1n) is 6.55. The molecule has 1 aliphatic rings. The van der Waals surface area contributed by atoms with Crippen LogP contribution in [-0.2, 0) is 0 Å². The van der Waals surface area contributed by atoms with Crippen molar-refractivity contribution in [3.63, 3.8) is 0 Å². The minimum absolute atomic E-state index is 0.0852. The summed E-state index contributed by atoms with van der Waals surface area (Å²) in [7, 11) is 0. The molecule has 98 valence electrons. The van der Waals surface area contributed by atoms with Crippen molar-refractivity contribution < 1.29 is 4.79 Å². The van der Waals surface area contributed by atoms with Gasteiger partial charge in [0, 0.05) is 17.8 Å². The summed E-state index contributed by atoms with van der Waals surface area (Å²) in [5.74, 6) is 0. The van der Waals surface area contributed by atoms with E-state index in [-0.39, 0.29) is 18.1 Å². The van der Waals surface area contributed by atoms with Gasteiger partial charge in [-0.15, -0.1) is 0 Å². The fraction of sp³-hybridized carbons (Fsp3) is 0.500. The highest BCUT2D eigenvalue weighted by Gasteiger charge is 2.23. The monoisotopic (exact) mass is 247 g/mol. The number of anilines is 1. The molecule has 0 aliphatic heterocycles. The molecule has 0 aromatic heterocycles. The summed E-state index contributed by atoms with van der Waals surface area (Å²) in [4.78, 5) is 11.9. The van der Waals surface area contributed by atoms with Crippen molar-refractivity contribution in [2.24, 2.45) is 5.73 Å². The minimum atomic E-state index is -0.164. The van der Waals surface area contributed by atoms with E-state index in [2.05, 4.69) is 10.6 Å². The Kier molecular flexibility index (Phi) is 4.20. The van der Waals surface area contributed by atoms with Gasteiger partial charge in [-0.2, -0.15) is 0 Å². The topological polar surface area (TPSA) is 67.2 Å². The van der Waals surface area contributed by atoms with Crippen LogP contribution >= 0.6 is 0 Å². The summed E-state index contributed by atoms with van der Waals surface area (Å²) in [6, 6.07) is 7.78. The van der Waals surface area contributed by atoms with E-state index in [1.54, 1.807) is 0 Å². The molecule has 2 amide bonds. The quantitative estimate of drug-likeness (QED) is 0.751. The fourth-order valence-electron chi connectivity index (χ4n) is 2.40. The van der Waals surface area contributed by atoms with Gasteiger partial charge in [0.05, 0.1) is 0 Å². The third-order valence-corrected chi connectivity index (χ3v) is 3.41. The number of nitrogens with two attached hydrogens (primary N) is 1. The van der Waals surface area contributed by atoms with Crippen molar-refractivity contribution in [1.29, 1.82) is 0 Å². The lowest BCUT2D eigenvalue weighted by atomic mass is 9.91. The van der Waals surface area contributed by atoms with Gasteiger partial charge in [0.25, 0.3) is 0 Å². The number of benzene rings is 1. The number of urea groups is 1. The Morgan fingerprint density at radius 1 is 1.33 bits per heavy atom. The Labute approximate surface area is 108 Å². The number of hydrogen-bond acceptors (Lipinski definition) is 2. The van der Waals surface area contributed by atoms with Crippen LogP contribution in [0, 0.1) is 6.92 Å². The van der Waals surface area contributed by atoms with Crippen LogP contribution in [0.1, 0.15) is 31.2 Å². The van der Waals surface area contributed by atoms with Crippen molar-refractivity contribution in [3.8, 4) is 0 Å². The summed E-state index contributed by atoms with van der Waals surface area (Å²) in [6.45, 7) is 2.00. The molecule has 0 saturated heterocycles. The molecule has 18 heavy (non-hydrogen) atoms. The van der Waals surface area contributed by atoms with Gasteiger partial charge in [0.1, 0.15) is 0 Å². The van der Waals surface area contributed by atoms with E-state index in [4.69, 9.17) is 5.73 Å². The molecule has 1 aliphatic carbocycles. The van der Waals surface area contributed by atoms with E-state index >= 15 is 0 Å². The first-order valence-corrected chi connectivity index (χ1v) is 6.55. The molecule has 4 N–H and O–H groups in total. The van der Waals surface area contributed by atoms with Crippen LogP contribution in [0.2, 0.25) is 0 Å². The number of hydrogen-bond donors (Lipinski definition) is 3. The van der Waals surface area contributed by atoms with Gasteiger partial charge < -0.3 is 16.4 Å². The van der Waals surface area contributed by atoms with Gasteiger partial charge in [-0.1, -0.05) is 25.0 Å². The molecule has 1 saturated carbocycles. The van der Waals surface area contributed by atoms with E-state index in [0.717, 1.165) is 30.5 Å². The lowest BCUT2D eigenvalue weighted by Gasteiger charge is -2.29. The molecule has 0 heterocycles. The van der Waals surface area contributed by atoms with Gasteiger partial charge in [0.15, 0.2) is 0 Å². The van der Waals surface area contributed by atoms with Crippen molar-refractivity contribution >= 4 is 11.7 Å². The van der Waals surface area contributed by atoms with Crippen LogP contribution in [0.15, 0.2) is 24.3 Å². The first kappa shape index (κ1) is 12.9. The smallest absolute Gasteiger partial charge is 0.319 e. The Morgan fingerprint density at radius 2 is 2.11 bits per heavy atom. The highest BCUT2D eigenvalue weighted by atomic mass is 16.2. The largest absolute Gasteiger partial charge is 0.334 e. The Balaban J connectivity index is 1.88. The van der Waals surface area contributed by atoms with Crippen LogP contribution in [-0.4, -0.2) is 18.1 Å². The maximum Gasteiger partial charge on any atom is 0.319 e. The number of amides is 2. The van der Waals surface area contributed by atoms with Gasteiger partial charge in [0.2, 0.25) is 0 Å². The van der Waals surface area contributed by atoms with Crippen molar-refractivity contribution in [2.45, 2.75) is 44.7 Å². The third kappa shape index (κ3) is 3.47. The zero-order valence-corrected chi connectivity index (χ0v) is 10.8. The fourth-order valence-corrected chi connectivity index (χ4v) is 2.40. The molecular weight excluding hydrogens is 226 g/mol. The van der Waals surface area contributed by atoms with Gasteiger partial charge >= 0.3 is 6.03 Å². The van der Waals surface area contributed by atoms with Crippen molar-refractivity contribution in [2.75, 3.05) is 5.32 Å². The second-order valence-corrected chi connectivity index (χ2v) is 5.02. The first-order chi connectivity index (χ1) is 8.65. The zero-order chi connectivity index (χ0) is 13.0. The molecule has 2 unspecified atom stereocenters. The second-order valence-electron chi connectivity index (χ2n) is 5.02. The molecule has 0 bridgehead atoms. The summed E-state index contributed by atoms with van der Waals surface area (Å²) in [6.07, 6.45) is 4.28. The number of carbonyl (C=O) groups excluding carboxylic acids is 1. The van der Waals surface area contributed by atoms with E-state index < -0.39 is 0 Å². The summed E-state index contributed by atoms with van der Waals surface area (Å²) < 4.78 is 0. The van der Waals surface area contributed by atoms with E-state index in [1.165, 1.54) is 6.42 Å². The Hall–Kier alpha value is -1.55. The molecule has 1 aromatic rings. The highest BCUT2D eigenvalue weighted by molar-refractivity contribution is 5.89. The number of nitrogens with one attached hydrogen (secondary N) is 2. The van der Waals surface area contributed by atoms with Gasteiger partial charge in [-0.25, -0.2) is 4.79 Å². The molecule has 1 fully saturated rings. The average Bonchev–Trinajstić information content (AvgIpc) is 2.32. The zero-order valence-electron chi connectivity index (χ0n) is 10.8. The van der Waals surface area contributed by atoms with Crippen molar-refractivity contribution in [3.05, 3.63) is 29.8 Å². The molecule has 1 aromatic carbocycles. The summed E-state index contributed by atoms with van der Waals surface area (Å²) in [5, 5.41) is 5.81. The van der Waals surface area contributed by atoms with Gasteiger partial charge in [-0.3, -0.25) is 0 Å². The number of carbonyl (C=O) groups is 1. The Morgan fingerprint density at radius 3 is 2.83 bits per heavy atom. The van der Waals surface area contributed by atoms with E-state index in [0.29, 0.717) is 0 Å². The minimum Gasteiger partial charge on any atom is -0.334 e. The maximum atomic E-state index is 11.9. The maximum absolute atomic E-state index is 11.9. The van der Waals surface area contributed by atoms with Crippen LogP contribution < -0.4 is 16.4 Å². The lowest BCUT2D eigenvalue weighted by molar-refractivity contribution is 0.240. The summed E-state index contributed by atoms with van der Waals surface area (Å²) in [5.41, 5.74) is 7.95. The lowest BCUT2D eigenvalue weighted by Crippen LogP contribution is -2.50. The van der Waals surface area contributed by atoms with Crippen LogP contribution in [0.4, 0.5) is 10.5 Å². The Bertz CT molecular complexity index is 419. The molecule has 4 heteroatoms. The molecule has 2 rings (SSSR count). The van der Waals surface area contributed by atoms with E-state index in [1.807, 2.05) is 31.2 Å². The predicted molar refractivity (Wildman–Crippen MR) is 73.6 cm³/mol. The number of aryl methyl sites for hydroxylation is 1. The number of rotatable bonds is 2. The molecule has 2 atom stereocenters. The molecule has 4 nitrogen and oxygen atoms in total. The standard InChI is InChI=1S/C14H21N3O/c1-10-5-4-6-11(9-10)16-14(18)17-13-8-3-2-7-12(13)15/h4-6,9,12-13H,2-3,7-8,15H2,1H3,(H2,16,17,18). The highest BCUT2D eigenvalue weighted by Crippen LogP contribution is 2.17. The predicted octanol–water partition coefficient (Wildman–Crippen LogP) is 2.39. The average molecular weight is 247 g/mol. The van der Waals surface area contributed by atoms with E-state index in [9.17, 15) is 4.79 Å². The normalized spacial score (nSPS) is 23.4. The van der Waals surface area contributed by atoms with Crippen LogP contribution in [0.25, 0.3) is 0 Å². The molecule has 0 spiro atoms. The second kappa shape index (κ2) is 5.87. The van der Waals surface area contributed by atoms with Gasteiger partial charge in [-0.05, 0) is 37.5 Å². The molecule has 0 radical (unpaired) electrons. The van der Waals surface area contributed by atoms with Crippen LogP contribution in [0.5, 0.6) is 0 Å². The van der Waals surface area contributed by atoms with Crippen LogP contribution in [0.3, 0.4) is 0 Å². The molecular formula is C14H21N3O. The summed E-state index contributed by atoms with van der Waals surface area (Å²) >= 11 is 0. The van der Waals surface area contributed by atoms with Crippen molar-refractivity contribution in [1.82, 2.24) is 5.32 Å². The SMILES string of the molecule is Cc1cccc(NC(=O)NC2CCCCC2N)c1. The third-order valence-electron chi connectivity index (χ3n) is 3.41.